The Kier molecular flexibility index (Phi) is 4.96. The number of rotatable bonds is 5. The molecule has 2 unspecified atom stereocenters. The molecule has 0 bridgehead atoms. The molecule has 0 spiro atoms. The Morgan fingerprint density at radius 2 is 2.00 bits per heavy atom. The normalized spacial score (nSPS) is 23.5. The van der Waals surface area contributed by atoms with Crippen LogP contribution in [0.2, 0.25) is 0 Å². The number of carbonyl (C=O) groups is 2. The quantitative estimate of drug-likeness (QED) is 0.705. The highest BCUT2D eigenvalue weighted by Crippen LogP contribution is 2.32. The van der Waals surface area contributed by atoms with Crippen LogP contribution in [0.15, 0.2) is 0 Å². The van der Waals surface area contributed by atoms with Crippen LogP contribution in [0.4, 0.5) is 0 Å². The molecule has 5 nitrogen and oxygen atoms in total. The van der Waals surface area contributed by atoms with Gasteiger partial charge in [0.25, 0.3) is 0 Å². The van der Waals surface area contributed by atoms with E-state index in [9.17, 15) is 14.7 Å². The highest BCUT2D eigenvalue weighted by Gasteiger charge is 2.42. The number of aliphatic carboxylic acids is 1. The van der Waals surface area contributed by atoms with Gasteiger partial charge in [-0.05, 0) is 45.2 Å². The molecule has 1 rings (SSSR count). The van der Waals surface area contributed by atoms with Crippen LogP contribution < -0.4 is 10.6 Å². The van der Waals surface area contributed by atoms with E-state index in [1.54, 1.807) is 13.8 Å². The van der Waals surface area contributed by atoms with Gasteiger partial charge >= 0.3 is 5.97 Å². The fourth-order valence-corrected chi connectivity index (χ4v) is 2.36. The van der Waals surface area contributed by atoms with Gasteiger partial charge in [-0.2, -0.15) is 0 Å². The summed E-state index contributed by atoms with van der Waals surface area (Å²) in [7, 11) is 0. The number of hydrogen-bond acceptors (Lipinski definition) is 3. The van der Waals surface area contributed by atoms with E-state index in [2.05, 4.69) is 10.6 Å². The zero-order valence-corrected chi connectivity index (χ0v) is 12.4. The molecule has 1 saturated heterocycles. The van der Waals surface area contributed by atoms with Crippen LogP contribution in [0.5, 0.6) is 0 Å². The summed E-state index contributed by atoms with van der Waals surface area (Å²) in [5.74, 6) is -0.912. The van der Waals surface area contributed by atoms with Gasteiger partial charge < -0.3 is 15.7 Å². The maximum Gasteiger partial charge on any atom is 0.329 e. The summed E-state index contributed by atoms with van der Waals surface area (Å²) in [6.45, 7) is 8.94. The number of carbonyl (C=O) groups excluding carboxylic acids is 1. The minimum atomic E-state index is -1.18. The molecule has 0 aromatic rings. The van der Waals surface area contributed by atoms with Gasteiger partial charge in [0.1, 0.15) is 5.54 Å². The highest BCUT2D eigenvalue weighted by atomic mass is 16.4. The zero-order valence-electron chi connectivity index (χ0n) is 12.4. The number of carboxylic acids is 1. The van der Waals surface area contributed by atoms with Crippen LogP contribution >= 0.6 is 0 Å². The van der Waals surface area contributed by atoms with Crippen LogP contribution in [0.1, 0.15) is 47.0 Å². The van der Waals surface area contributed by atoms with E-state index in [0.29, 0.717) is 6.42 Å². The van der Waals surface area contributed by atoms with Crippen molar-refractivity contribution in [2.75, 3.05) is 13.1 Å². The van der Waals surface area contributed by atoms with Crippen molar-refractivity contribution in [1.82, 2.24) is 10.6 Å². The number of amides is 1. The lowest BCUT2D eigenvalue weighted by Crippen LogP contribution is -2.57. The zero-order chi connectivity index (χ0) is 14.7. The molecule has 1 aliphatic rings. The van der Waals surface area contributed by atoms with Crippen LogP contribution in [0.25, 0.3) is 0 Å². The third kappa shape index (κ3) is 3.47. The first-order valence-corrected chi connectivity index (χ1v) is 7.00. The predicted molar refractivity (Wildman–Crippen MR) is 73.8 cm³/mol. The fraction of sp³-hybridized carbons (Fsp3) is 0.857. The number of hydrogen-bond donors (Lipinski definition) is 3. The Hall–Kier alpha value is -1.10. The van der Waals surface area contributed by atoms with E-state index in [1.165, 1.54) is 0 Å². The van der Waals surface area contributed by atoms with Gasteiger partial charge in [0, 0.05) is 5.41 Å². The van der Waals surface area contributed by atoms with Crippen molar-refractivity contribution in [3.05, 3.63) is 0 Å². The number of nitrogens with one attached hydrogen (secondary N) is 2. The molecule has 1 fully saturated rings. The maximum absolute atomic E-state index is 12.4. The van der Waals surface area contributed by atoms with Crippen LogP contribution in [0.3, 0.4) is 0 Å². The van der Waals surface area contributed by atoms with Crippen molar-refractivity contribution < 1.29 is 14.7 Å². The van der Waals surface area contributed by atoms with Crippen LogP contribution in [-0.2, 0) is 9.59 Å². The first kappa shape index (κ1) is 16.0. The molecular formula is C14H26N2O3. The number of piperidine rings is 1. The molecule has 1 heterocycles. The molecule has 0 saturated carbocycles. The molecule has 0 aromatic carbocycles. The van der Waals surface area contributed by atoms with Gasteiger partial charge in [-0.25, -0.2) is 4.79 Å². The minimum absolute atomic E-state index is 0.173. The van der Waals surface area contributed by atoms with E-state index in [-0.39, 0.29) is 11.8 Å². The smallest absolute Gasteiger partial charge is 0.329 e. The van der Waals surface area contributed by atoms with Gasteiger partial charge in [0.15, 0.2) is 0 Å². The SMILES string of the molecule is CCC(C)(NC(=O)C(C)(C)C1CCCNC1)C(=O)O. The standard InChI is InChI=1S/C14H26N2O3/c1-5-14(4,12(18)19)16-11(17)13(2,3)10-7-6-8-15-9-10/h10,15H,5-9H2,1-4H3,(H,16,17)(H,18,19). The van der Waals surface area contributed by atoms with E-state index >= 15 is 0 Å². The lowest BCUT2D eigenvalue weighted by atomic mass is 9.74. The van der Waals surface area contributed by atoms with Crippen molar-refractivity contribution in [2.45, 2.75) is 52.5 Å². The molecule has 19 heavy (non-hydrogen) atoms. The van der Waals surface area contributed by atoms with Crippen LogP contribution in [-0.4, -0.2) is 35.6 Å². The largest absolute Gasteiger partial charge is 0.480 e. The summed E-state index contributed by atoms with van der Waals surface area (Å²) >= 11 is 0. The van der Waals surface area contributed by atoms with Gasteiger partial charge in [-0.1, -0.05) is 20.8 Å². The molecule has 5 heteroatoms. The van der Waals surface area contributed by atoms with Gasteiger partial charge in [-0.15, -0.1) is 0 Å². The predicted octanol–water partition coefficient (Wildman–Crippen LogP) is 1.38. The van der Waals surface area contributed by atoms with Crippen molar-refractivity contribution in [1.29, 1.82) is 0 Å². The fourth-order valence-electron chi connectivity index (χ4n) is 2.36. The van der Waals surface area contributed by atoms with E-state index < -0.39 is 16.9 Å². The molecule has 110 valence electrons. The first-order valence-electron chi connectivity index (χ1n) is 7.00. The van der Waals surface area contributed by atoms with Gasteiger partial charge in [0.05, 0.1) is 0 Å². The molecule has 0 radical (unpaired) electrons. The Morgan fingerprint density at radius 1 is 1.37 bits per heavy atom. The Labute approximate surface area is 115 Å². The molecule has 0 aliphatic carbocycles. The summed E-state index contributed by atoms with van der Waals surface area (Å²) in [6.07, 6.45) is 2.43. The molecule has 1 aliphatic heterocycles. The summed E-state index contributed by atoms with van der Waals surface area (Å²) in [4.78, 5) is 23.7. The molecule has 2 atom stereocenters. The molecule has 3 N–H and O–H groups in total. The summed E-state index contributed by atoms with van der Waals surface area (Å²) in [6, 6.07) is 0. The lowest BCUT2D eigenvalue weighted by Gasteiger charge is -2.38. The minimum Gasteiger partial charge on any atom is -0.480 e. The third-order valence-corrected chi connectivity index (χ3v) is 4.47. The summed E-state index contributed by atoms with van der Waals surface area (Å²) in [5.41, 5.74) is -1.74. The monoisotopic (exact) mass is 270 g/mol. The Morgan fingerprint density at radius 3 is 2.42 bits per heavy atom. The summed E-state index contributed by atoms with van der Waals surface area (Å²) < 4.78 is 0. The third-order valence-electron chi connectivity index (χ3n) is 4.47. The second kappa shape index (κ2) is 5.90. The summed E-state index contributed by atoms with van der Waals surface area (Å²) in [5, 5.41) is 15.2. The Bertz CT molecular complexity index is 349. The van der Waals surface area contributed by atoms with Crippen molar-refractivity contribution in [2.24, 2.45) is 11.3 Å². The number of carboxylic acid groups (broad SMARTS) is 1. The Balaban J connectivity index is 2.77. The topological polar surface area (TPSA) is 78.4 Å². The lowest BCUT2D eigenvalue weighted by molar-refractivity contribution is -0.149. The van der Waals surface area contributed by atoms with Gasteiger partial charge in [-0.3, -0.25) is 4.79 Å². The van der Waals surface area contributed by atoms with Crippen LogP contribution in [0, 0.1) is 11.3 Å². The molecule has 1 amide bonds. The first-order chi connectivity index (χ1) is 8.74. The average molecular weight is 270 g/mol. The second-order valence-electron chi connectivity index (χ2n) is 6.21. The maximum atomic E-state index is 12.4. The van der Waals surface area contributed by atoms with Crippen molar-refractivity contribution >= 4 is 11.9 Å². The second-order valence-corrected chi connectivity index (χ2v) is 6.21. The molecule has 0 aromatic heterocycles. The average Bonchev–Trinajstić information content (AvgIpc) is 2.39. The van der Waals surface area contributed by atoms with Gasteiger partial charge in [0.2, 0.25) is 5.91 Å². The van der Waals surface area contributed by atoms with E-state index in [0.717, 1.165) is 25.9 Å². The van der Waals surface area contributed by atoms with Crippen molar-refractivity contribution in [3.8, 4) is 0 Å². The molecular weight excluding hydrogens is 244 g/mol. The van der Waals surface area contributed by atoms with E-state index in [4.69, 9.17) is 0 Å². The van der Waals surface area contributed by atoms with E-state index in [1.807, 2.05) is 13.8 Å². The highest BCUT2D eigenvalue weighted by molar-refractivity contribution is 5.89. The van der Waals surface area contributed by atoms with Crippen molar-refractivity contribution in [3.63, 3.8) is 0 Å².